The predicted octanol–water partition coefficient (Wildman–Crippen LogP) is 2.33. The first-order valence-electron chi connectivity index (χ1n) is 6.78. The average molecular weight is 264 g/mol. The van der Waals surface area contributed by atoms with Gasteiger partial charge in [0.1, 0.15) is 5.82 Å². The molecule has 1 aliphatic rings. The molecule has 19 heavy (non-hydrogen) atoms. The third kappa shape index (κ3) is 2.78. The van der Waals surface area contributed by atoms with E-state index in [1.165, 1.54) is 6.07 Å². The van der Waals surface area contributed by atoms with E-state index >= 15 is 0 Å². The van der Waals surface area contributed by atoms with E-state index in [1.54, 1.807) is 24.1 Å². The van der Waals surface area contributed by atoms with Gasteiger partial charge < -0.3 is 10.6 Å². The van der Waals surface area contributed by atoms with Gasteiger partial charge in [-0.25, -0.2) is 4.39 Å². The molecule has 1 fully saturated rings. The lowest BCUT2D eigenvalue weighted by Crippen LogP contribution is -2.41. The van der Waals surface area contributed by atoms with Gasteiger partial charge in [-0.05, 0) is 44.4 Å². The van der Waals surface area contributed by atoms with Crippen molar-refractivity contribution in [3.05, 3.63) is 35.1 Å². The van der Waals surface area contributed by atoms with Crippen LogP contribution in [0.2, 0.25) is 0 Å². The van der Waals surface area contributed by atoms with Gasteiger partial charge in [0, 0.05) is 13.1 Å². The Hall–Kier alpha value is -1.42. The van der Waals surface area contributed by atoms with Crippen molar-refractivity contribution in [1.82, 2.24) is 4.90 Å². The quantitative estimate of drug-likeness (QED) is 0.910. The molecule has 0 saturated heterocycles. The van der Waals surface area contributed by atoms with Gasteiger partial charge in [0.25, 0.3) is 5.91 Å². The third-order valence-corrected chi connectivity index (χ3v) is 4.09. The van der Waals surface area contributed by atoms with Gasteiger partial charge in [0.15, 0.2) is 0 Å². The zero-order valence-electron chi connectivity index (χ0n) is 11.5. The van der Waals surface area contributed by atoms with Crippen LogP contribution in [0.4, 0.5) is 4.39 Å². The van der Waals surface area contributed by atoms with Crippen molar-refractivity contribution in [3.8, 4) is 0 Å². The zero-order valence-corrected chi connectivity index (χ0v) is 11.5. The number of nitrogens with two attached hydrogens (primary N) is 1. The number of carbonyl (C=O) groups is 1. The molecule has 104 valence electrons. The van der Waals surface area contributed by atoms with Crippen LogP contribution in [0.25, 0.3) is 0 Å². The highest BCUT2D eigenvalue weighted by Crippen LogP contribution is 2.29. The summed E-state index contributed by atoms with van der Waals surface area (Å²) in [6.07, 6.45) is 3.09. The van der Waals surface area contributed by atoms with Gasteiger partial charge in [0.05, 0.1) is 5.56 Å². The van der Waals surface area contributed by atoms with E-state index in [9.17, 15) is 9.18 Å². The molecule has 4 heteroatoms. The van der Waals surface area contributed by atoms with E-state index in [0.29, 0.717) is 12.5 Å². The maximum Gasteiger partial charge on any atom is 0.256 e. The van der Waals surface area contributed by atoms with Gasteiger partial charge in [0.2, 0.25) is 0 Å². The van der Waals surface area contributed by atoms with Crippen molar-refractivity contribution >= 4 is 5.91 Å². The number of carbonyl (C=O) groups excluding carboxylic acids is 1. The summed E-state index contributed by atoms with van der Waals surface area (Å²) >= 11 is 0. The highest BCUT2D eigenvalue weighted by atomic mass is 19.1. The highest BCUT2D eigenvalue weighted by Gasteiger charge is 2.32. The number of amides is 1. The summed E-state index contributed by atoms with van der Waals surface area (Å²) in [5, 5.41) is 0. The van der Waals surface area contributed by atoms with Crippen LogP contribution in [-0.2, 0) is 0 Å². The van der Waals surface area contributed by atoms with Crippen LogP contribution in [0.3, 0.4) is 0 Å². The second kappa shape index (κ2) is 5.70. The molecule has 0 radical (unpaired) electrons. The molecule has 1 aromatic carbocycles. The van der Waals surface area contributed by atoms with Crippen LogP contribution in [0.5, 0.6) is 0 Å². The summed E-state index contributed by atoms with van der Waals surface area (Å²) in [7, 11) is 1.75. The number of benzene rings is 1. The summed E-state index contributed by atoms with van der Waals surface area (Å²) in [6.45, 7) is 2.44. The fourth-order valence-corrected chi connectivity index (χ4v) is 2.95. The monoisotopic (exact) mass is 264 g/mol. The molecule has 2 atom stereocenters. The van der Waals surface area contributed by atoms with Gasteiger partial charge in [-0.3, -0.25) is 4.79 Å². The summed E-state index contributed by atoms with van der Waals surface area (Å²) in [5.41, 5.74) is 6.79. The summed E-state index contributed by atoms with van der Waals surface area (Å²) < 4.78 is 13.8. The van der Waals surface area contributed by atoms with Crippen LogP contribution >= 0.6 is 0 Å². The summed E-state index contributed by atoms with van der Waals surface area (Å²) in [4.78, 5) is 14.1. The van der Waals surface area contributed by atoms with Crippen molar-refractivity contribution < 1.29 is 9.18 Å². The lowest BCUT2D eigenvalue weighted by Gasteiger charge is -2.29. The molecule has 2 unspecified atom stereocenters. The van der Waals surface area contributed by atoms with E-state index in [2.05, 4.69) is 0 Å². The zero-order chi connectivity index (χ0) is 14.0. The second-order valence-corrected chi connectivity index (χ2v) is 5.39. The first-order valence-corrected chi connectivity index (χ1v) is 6.78. The van der Waals surface area contributed by atoms with E-state index in [4.69, 9.17) is 5.73 Å². The smallest absolute Gasteiger partial charge is 0.256 e. The number of halogens is 1. The van der Waals surface area contributed by atoms with E-state index in [1.807, 2.05) is 6.92 Å². The largest absolute Gasteiger partial charge is 0.338 e. The van der Waals surface area contributed by atoms with Crippen LogP contribution in [0.15, 0.2) is 18.2 Å². The van der Waals surface area contributed by atoms with Crippen molar-refractivity contribution in [2.45, 2.75) is 32.2 Å². The first-order chi connectivity index (χ1) is 9.04. The van der Waals surface area contributed by atoms with Crippen LogP contribution in [0, 0.1) is 18.7 Å². The maximum atomic E-state index is 13.8. The van der Waals surface area contributed by atoms with Gasteiger partial charge in [-0.1, -0.05) is 18.1 Å². The molecule has 0 aliphatic heterocycles. The number of rotatable bonds is 3. The topological polar surface area (TPSA) is 46.3 Å². The molecule has 2 rings (SSSR count). The van der Waals surface area contributed by atoms with E-state index < -0.39 is 5.82 Å². The minimum absolute atomic E-state index is 0.136. The normalized spacial score (nSPS) is 22.5. The van der Waals surface area contributed by atoms with E-state index in [0.717, 1.165) is 24.8 Å². The van der Waals surface area contributed by atoms with Gasteiger partial charge in [-0.15, -0.1) is 0 Å². The van der Waals surface area contributed by atoms with Gasteiger partial charge in [-0.2, -0.15) is 0 Å². The Balaban J connectivity index is 2.21. The molecule has 3 nitrogen and oxygen atoms in total. The minimum atomic E-state index is -0.454. The molecule has 0 spiro atoms. The Bertz CT molecular complexity index is 475. The Labute approximate surface area is 113 Å². The van der Waals surface area contributed by atoms with Crippen molar-refractivity contribution in [2.75, 3.05) is 13.6 Å². The molecular weight excluding hydrogens is 243 g/mol. The molecule has 1 amide bonds. The molecule has 1 aromatic rings. The standard InChI is InChI=1S/C15H21FN2O/c1-10-6-7-13(16)12(8-10)15(19)18(2)14-5-3-4-11(14)9-17/h6-8,11,14H,3-5,9,17H2,1-2H3. The molecule has 2 N–H and O–H groups in total. The Kier molecular flexibility index (Phi) is 4.20. The number of nitrogens with zero attached hydrogens (tertiary/aromatic N) is 1. The Morgan fingerprint density at radius 3 is 2.89 bits per heavy atom. The van der Waals surface area contributed by atoms with Crippen LogP contribution in [0.1, 0.15) is 35.2 Å². The molecular formula is C15H21FN2O. The third-order valence-electron chi connectivity index (χ3n) is 4.09. The number of aryl methyl sites for hydroxylation is 1. The summed E-state index contributed by atoms with van der Waals surface area (Å²) in [5.74, 6) is -0.363. The van der Waals surface area contributed by atoms with Crippen molar-refractivity contribution in [3.63, 3.8) is 0 Å². The second-order valence-electron chi connectivity index (χ2n) is 5.39. The van der Waals surface area contributed by atoms with Gasteiger partial charge >= 0.3 is 0 Å². The maximum absolute atomic E-state index is 13.8. The fraction of sp³-hybridized carbons (Fsp3) is 0.533. The molecule has 0 heterocycles. The average Bonchev–Trinajstić information content (AvgIpc) is 2.88. The minimum Gasteiger partial charge on any atom is -0.338 e. The Morgan fingerprint density at radius 2 is 2.21 bits per heavy atom. The Morgan fingerprint density at radius 1 is 1.47 bits per heavy atom. The summed E-state index contributed by atoms with van der Waals surface area (Å²) in [6, 6.07) is 4.77. The highest BCUT2D eigenvalue weighted by molar-refractivity contribution is 5.94. The first kappa shape index (κ1) is 14.0. The molecule has 0 bridgehead atoms. The lowest BCUT2D eigenvalue weighted by atomic mass is 10.0. The number of hydrogen-bond acceptors (Lipinski definition) is 2. The number of hydrogen-bond donors (Lipinski definition) is 1. The van der Waals surface area contributed by atoms with E-state index in [-0.39, 0.29) is 17.5 Å². The van der Waals surface area contributed by atoms with Crippen molar-refractivity contribution in [2.24, 2.45) is 11.7 Å². The predicted molar refractivity (Wildman–Crippen MR) is 73.4 cm³/mol. The SMILES string of the molecule is Cc1ccc(F)c(C(=O)N(C)C2CCCC2CN)c1. The molecule has 1 saturated carbocycles. The van der Waals surface area contributed by atoms with Crippen LogP contribution < -0.4 is 5.73 Å². The molecule has 0 aromatic heterocycles. The molecule has 1 aliphatic carbocycles. The fourth-order valence-electron chi connectivity index (χ4n) is 2.95. The van der Waals surface area contributed by atoms with Crippen LogP contribution in [-0.4, -0.2) is 30.4 Å². The van der Waals surface area contributed by atoms with Crippen molar-refractivity contribution in [1.29, 1.82) is 0 Å². The lowest BCUT2D eigenvalue weighted by molar-refractivity contribution is 0.0695.